The minimum absolute atomic E-state index is 0.163. The summed E-state index contributed by atoms with van der Waals surface area (Å²) >= 11 is 2.80. The van der Waals surface area contributed by atoms with Crippen molar-refractivity contribution in [3.8, 4) is 0 Å². The molecule has 2 aromatic rings. The highest BCUT2D eigenvalue weighted by atomic mass is 32.1. The first-order valence-electron chi connectivity index (χ1n) is 8.31. The van der Waals surface area contributed by atoms with E-state index in [9.17, 15) is 9.59 Å². The molecule has 0 unspecified atom stereocenters. The first-order chi connectivity index (χ1) is 12.6. The van der Waals surface area contributed by atoms with Gasteiger partial charge in [0.15, 0.2) is 10.3 Å². The maximum Gasteiger partial charge on any atom is 0.311 e. The molecule has 0 radical (unpaired) electrons. The highest BCUT2D eigenvalue weighted by molar-refractivity contribution is 7.15. The number of hydrogen-bond acceptors (Lipinski definition) is 9. The fourth-order valence-corrected chi connectivity index (χ4v) is 4.10. The molecule has 2 aromatic heterocycles. The lowest BCUT2D eigenvalue weighted by atomic mass is 10.3. The molecule has 0 bridgehead atoms. The molecule has 26 heavy (non-hydrogen) atoms. The summed E-state index contributed by atoms with van der Waals surface area (Å²) in [5, 5.41) is 6.04. The van der Waals surface area contributed by atoms with Crippen LogP contribution in [0, 0.1) is 0 Å². The van der Waals surface area contributed by atoms with E-state index < -0.39 is 0 Å². The second-order valence-electron chi connectivity index (χ2n) is 5.56. The van der Waals surface area contributed by atoms with Gasteiger partial charge in [-0.15, -0.1) is 22.7 Å². The van der Waals surface area contributed by atoms with E-state index >= 15 is 0 Å². The number of thiazole rings is 2. The summed E-state index contributed by atoms with van der Waals surface area (Å²) in [6.45, 7) is 5.16. The largest absolute Gasteiger partial charge is 0.466 e. The molecule has 1 aliphatic heterocycles. The number of nitrogens with one attached hydrogen (secondary N) is 1. The van der Waals surface area contributed by atoms with Crippen LogP contribution in [0.15, 0.2) is 11.6 Å². The standard InChI is InChI=1S/C16H20N4O4S2/c1-2-24-14(22)8-12-9-17-15(26-12)19-13(21)7-11-10-25-16(18-11)20-3-5-23-6-4-20/h9-10H,2-8H2,1H3,(H,17,19,21). The summed E-state index contributed by atoms with van der Waals surface area (Å²) in [7, 11) is 0. The highest BCUT2D eigenvalue weighted by Crippen LogP contribution is 2.23. The number of amides is 1. The summed E-state index contributed by atoms with van der Waals surface area (Å²) in [4.78, 5) is 35.2. The van der Waals surface area contributed by atoms with Crippen LogP contribution < -0.4 is 10.2 Å². The van der Waals surface area contributed by atoms with Crippen molar-refractivity contribution < 1.29 is 19.1 Å². The SMILES string of the molecule is CCOC(=O)Cc1cnc(NC(=O)Cc2csc(N3CCOCC3)n2)s1. The zero-order valence-corrected chi connectivity index (χ0v) is 16.0. The summed E-state index contributed by atoms with van der Waals surface area (Å²) in [5.41, 5.74) is 0.734. The average molecular weight is 396 g/mol. The zero-order valence-electron chi connectivity index (χ0n) is 14.4. The Kier molecular flexibility index (Phi) is 6.53. The molecule has 1 N–H and O–H groups in total. The maximum atomic E-state index is 12.2. The van der Waals surface area contributed by atoms with Crippen LogP contribution in [0.5, 0.6) is 0 Å². The Morgan fingerprint density at radius 1 is 1.35 bits per heavy atom. The summed E-state index contributed by atoms with van der Waals surface area (Å²) < 4.78 is 10.2. The van der Waals surface area contributed by atoms with Gasteiger partial charge >= 0.3 is 5.97 Å². The van der Waals surface area contributed by atoms with Crippen LogP contribution in [0.3, 0.4) is 0 Å². The van der Waals surface area contributed by atoms with Crippen LogP contribution in [0.25, 0.3) is 0 Å². The molecule has 1 aliphatic rings. The number of carbonyl (C=O) groups is 2. The number of esters is 1. The molecular formula is C16H20N4O4S2. The van der Waals surface area contributed by atoms with Crippen molar-refractivity contribution in [2.45, 2.75) is 19.8 Å². The molecule has 0 aliphatic carbocycles. The van der Waals surface area contributed by atoms with Crippen LogP contribution in [-0.2, 0) is 31.9 Å². The number of carbonyl (C=O) groups excluding carboxylic acids is 2. The van der Waals surface area contributed by atoms with Gasteiger partial charge in [-0.2, -0.15) is 0 Å². The second-order valence-corrected chi connectivity index (χ2v) is 7.51. The van der Waals surface area contributed by atoms with Crippen molar-refractivity contribution in [3.05, 3.63) is 22.1 Å². The van der Waals surface area contributed by atoms with Crippen LogP contribution in [0.4, 0.5) is 10.3 Å². The van der Waals surface area contributed by atoms with Gasteiger partial charge in [0.2, 0.25) is 5.91 Å². The Morgan fingerprint density at radius 3 is 2.92 bits per heavy atom. The molecule has 3 heterocycles. The van der Waals surface area contributed by atoms with Crippen LogP contribution in [0.1, 0.15) is 17.5 Å². The molecule has 140 valence electrons. The molecule has 1 saturated heterocycles. The predicted octanol–water partition coefficient (Wildman–Crippen LogP) is 1.72. The second kappa shape index (κ2) is 9.06. The van der Waals surface area contributed by atoms with Gasteiger partial charge in [-0.1, -0.05) is 0 Å². The van der Waals surface area contributed by atoms with Crippen LogP contribution in [-0.4, -0.2) is 54.8 Å². The minimum atomic E-state index is -0.299. The summed E-state index contributed by atoms with van der Waals surface area (Å²) in [5.74, 6) is -0.479. The number of rotatable bonds is 7. The van der Waals surface area contributed by atoms with E-state index in [0.717, 1.165) is 28.8 Å². The number of aromatic nitrogens is 2. The van der Waals surface area contributed by atoms with E-state index in [0.29, 0.717) is 25.0 Å². The van der Waals surface area contributed by atoms with E-state index in [1.54, 1.807) is 13.1 Å². The van der Waals surface area contributed by atoms with Crippen molar-refractivity contribution in [2.75, 3.05) is 43.1 Å². The van der Waals surface area contributed by atoms with Crippen molar-refractivity contribution in [1.29, 1.82) is 0 Å². The minimum Gasteiger partial charge on any atom is -0.466 e. The van der Waals surface area contributed by atoms with Gasteiger partial charge in [-0.3, -0.25) is 9.59 Å². The monoisotopic (exact) mass is 396 g/mol. The van der Waals surface area contributed by atoms with E-state index in [2.05, 4.69) is 20.2 Å². The Morgan fingerprint density at radius 2 is 2.15 bits per heavy atom. The number of ether oxygens (including phenoxy) is 2. The van der Waals surface area contributed by atoms with Gasteiger partial charge in [0.1, 0.15) is 0 Å². The average Bonchev–Trinajstić information content (AvgIpc) is 3.25. The summed E-state index contributed by atoms with van der Waals surface area (Å²) in [6, 6.07) is 0. The fourth-order valence-electron chi connectivity index (χ4n) is 2.41. The van der Waals surface area contributed by atoms with Crippen LogP contribution >= 0.6 is 22.7 Å². The third kappa shape index (κ3) is 5.23. The van der Waals surface area contributed by atoms with Gasteiger partial charge in [0.25, 0.3) is 0 Å². The molecule has 1 fully saturated rings. The highest BCUT2D eigenvalue weighted by Gasteiger charge is 2.16. The van der Waals surface area contributed by atoms with E-state index in [-0.39, 0.29) is 24.7 Å². The fraction of sp³-hybridized carbons (Fsp3) is 0.500. The smallest absolute Gasteiger partial charge is 0.311 e. The lowest BCUT2D eigenvalue weighted by Gasteiger charge is -2.26. The summed E-state index contributed by atoms with van der Waals surface area (Å²) in [6.07, 6.45) is 1.93. The van der Waals surface area contributed by atoms with Crippen molar-refractivity contribution in [3.63, 3.8) is 0 Å². The molecule has 8 nitrogen and oxygen atoms in total. The molecule has 0 atom stereocenters. The number of morpholine rings is 1. The zero-order chi connectivity index (χ0) is 18.4. The van der Waals surface area contributed by atoms with E-state index in [1.165, 1.54) is 22.7 Å². The van der Waals surface area contributed by atoms with E-state index in [4.69, 9.17) is 9.47 Å². The van der Waals surface area contributed by atoms with E-state index in [1.807, 2.05) is 5.38 Å². The molecule has 0 spiro atoms. The molecular weight excluding hydrogens is 376 g/mol. The first kappa shape index (κ1) is 18.7. The molecule has 3 rings (SSSR count). The first-order valence-corrected chi connectivity index (χ1v) is 10.0. The van der Waals surface area contributed by atoms with Gasteiger partial charge in [-0.05, 0) is 6.92 Å². The number of hydrogen-bond donors (Lipinski definition) is 1. The topological polar surface area (TPSA) is 93.6 Å². The molecule has 0 saturated carbocycles. The predicted molar refractivity (Wildman–Crippen MR) is 99.9 cm³/mol. The lowest BCUT2D eigenvalue weighted by molar-refractivity contribution is -0.142. The third-order valence-corrected chi connectivity index (χ3v) is 5.45. The van der Waals surface area contributed by atoms with Crippen molar-refractivity contribution in [2.24, 2.45) is 0 Å². The molecule has 10 heteroatoms. The third-order valence-electron chi connectivity index (χ3n) is 3.59. The maximum absolute atomic E-state index is 12.2. The molecule has 0 aromatic carbocycles. The van der Waals surface area contributed by atoms with Crippen LogP contribution in [0.2, 0.25) is 0 Å². The van der Waals surface area contributed by atoms with Gasteiger partial charge < -0.3 is 19.7 Å². The normalized spacial score (nSPS) is 14.3. The van der Waals surface area contributed by atoms with Gasteiger partial charge in [-0.25, -0.2) is 9.97 Å². The van der Waals surface area contributed by atoms with Crippen molar-refractivity contribution >= 4 is 44.8 Å². The quantitative estimate of drug-likeness (QED) is 0.712. The van der Waals surface area contributed by atoms with Gasteiger partial charge in [0.05, 0.1) is 38.4 Å². The Hall–Kier alpha value is -2.04. The Balaban J connectivity index is 1.50. The number of nitrogens with zero attached hydrogens (tertiary/aromatic N) is 3. The Bertz CT molecular complexity index is 755. The Labute approximate surface area is 159 Å². The van der Waals surface area contributed by atoms with Gasteiger partial charge in [0, 0.05) is 29.5 Å². The van der Waals surface area contributed by atoms with Crippen molar-refractivity contribution in [1.82, 2.24) is 9.97 Å². The number of anilines is 2. The molecule has 1 amide bonds. The lowest BCUT2D eigenvalue weighted by Crippen LogP contribution is -2.36.